The van der Waals surface area contributed by atoms with Gasteiger partial charge >= 0.3 is 0 Å². The van der Waals surface area contributed by atoms with Crippen LogP contribution in [-0.4, -0.2) is 11.3 Å². The first-order valence-corrected chi connectivity index (χ1v) is 5.86. The molecule has 0 radical (unpaired) electrons. The topological polar surface area (TPSA) is 50.6 Å². The molecule has 0 unspecified atom stereocenters. The van der Waals surface area contributed by atoms with Gasteiger partial charge in [-0.25, -0.2) is 4.98 Å². The molecule has 0 aliphatic heterocycles. The predicted octanol–water partition coefficient (Wildman–Crippen LogP) is 1.82. The number of pyridine rings is 1. The summed E-state index contributed by atoms with van der Waals surface area (Å²) >= 11 is 5.11. The highest BCUT2D eigenvalue weighted by atomic mass is 32.1. The molecule has 0 fully saturated rings. The zero-order valence-electron chi connectivity index (χ0n) is 9.63. The van der Waals surface area contributed by atoms with E-state index in [1.807, 2.05) is 54.9 Å². The van der Waals surface area contributed by atoms with Crippen molar-refractivity contribution in [3.8, 4) is 0 Å². The molecule has 0 saturated carbocycles. The molecule has 0 bridgehead atoms. The summed E-state index contributed by atoms with van der Waals surface area (Å²) in [5.74, 6) is 0. The highest BCUT2D eigenvalue weighted by Gasteiger charge is 1.94. The lowest BCUT2D eigenvalue weighted by Gasteiger charge is -2.05. The third-order valence-electron chi connectivity index (χ3n) is 2.14. The quantitative estimate of drug-likeness (QED) is 0.501. The third-order valence-corrected chi connectivity index (χ3v) is 2.34. The molecule has 2 aromatic rings. The molecule has 0 aliphatic carbocycles. The van der Waals surface area contributed by atoms with Gasteiger partial charge in [-0.15, -0.1) is 0 Å². The van der Waals surface area contributed by atoms with Gasteiger partial charge in [-0.2, -0.15) is 5.10 Å². The molecule has 0 aliphatic rings. The first-order valence-electron chi connectivity index (χ1n) is 5.46. The van der Waals surface area contributed by atoms with Crippen LogP contribution in [0.3, 0.4) is 0 Å². The Bertz CT molecular complexity index is 525. The molecular weight excluding hydrogens is 244 g/mol. The maximum Gasteiger partial charge on any atom is 0.191 e. The van der Waals surface area contributed by atoms with Gasteiger partial charge in [0.15, 0.2) is 17.5 Å². The second kappa shape index (κ2) is 6.46. The number of H-pyrrole nitrogens is 1. The van der Waals surface area contributed by atoms with E-state index in [2.05, 4.69) is 20.8 Å². The molecule has 1 aromatic carbocycles. The normalized spacial score (nSPS) is 10.2. The van der Waals surface area contributed by atoms with Gasteiger partial charge in [0.25, 0.3) is 0 Å². The van der Waals surface area contributed by atoms with E-state index < -0.39 is 0 Å². The van der Waals surface area contributed by atoms with Gasteiger partial charge in [0.2, 0.25) is 0 Å². The van der Waals surface area contributed by atoms with Crippen molar-refractivity contribution in [3.63, 3.8) is 0 Å². The molecule has 0 amide bonds. The van der Waals surface area contributed by atoms with E-state index in [0.717, 1.165) is 11.3 Å². The minimum Gasteiger partial charge on any atom is -0.331 e. The Morgan fingerprint density at radius 3 is 2.72 bits per heavy atom. The summed E-state index contributed by atoms with van der Waals surface area (Å²) < 4.78 is 0. The van der Waals surface area contributed by atoms with Crippen molar-refractivity contribution < 1.29 is 4.98 Å². The summed E-state index contributed by atoms with van der Waals surface area (Å²) in [5.41, 5.74) is 4.65. The molecular formula is C13H13N4S+. The van der Waals surface area contributed by atoms with E-state index in [-0.39, 0.29) is 0 Å². The lowest BCUT2D eigenvalue weighted by atomic mass is 10.3. The Balaban J connectivity index is 1.84. The van der Waals surface area contributed by atoms with Crippen molar-refractivity contribution in [1.29, 1.82) is 0 Å². The van der Waals surface area contributed by atoms with Gasteiger partial charge < -0.3 is 5.32 Å². The van der Waals surface area contributed by atoms with Crippen LogP contribution in [0.1, 0.15) is 5.56 Å². The fourth-order valence-electron chi connectivity index (χ4n) is 1.33. The molecule has 0 atom stereocenters. The van der Waals surface area contributed by atoms with E-state index in [0.29, 0.717) is 5.11 Å². The number of nitrogens with zero attached hydrogens (tertiary/aromatic N) is 1. The van der Waals surface area contributed by atoms with E-state index in [4.69, 9.17) is 12.2 Å². The van der Waals surface area contributed by atoms with E-state index >= 15 is 0 Å². The minimum atomic E-state index is 0.456. The van der Waals surface area contributed by atoms with Gasteiger partial charge in [0, 0.05) is 11.8 Å². The average Bonchev–Trinajstić information content (AvgIpc) is 2.41. The zero-order chi connectivity index (χ0) is 12.6. The first-order chi connectivity index (χ1) is 8.84. The number of hydrazone groups is 1. The number of nitrogens with one attached hydrogen (secondary N) is 3. The Hall–Kier alpha value is -2.27. The Morgan fingerprint density at radius 2 is 2.00 bits per heavy atom. The van der Waals surface area contributed by atoms with Gasteiger partial charge in [0.05, 0.1) is 11.8 Å². The number of benzene rings is 1. The van der Waals surface area contributed by atoms with Gasteiger partial charge in [-0.05, 0) is 30.4 Å². The standard InChI is InChI=1S/C13H12N4S/c18-13(16-12-6-2-1-3-7-12)17-15-10-11-5-4-8-14-9-11/h1-10H,(H2,16,17,18)/p+1. The van der Waals surface area contributed by atoms with Crippen LogP contribution in [0.2, 0.25) is 0 Å². The van der Waals surface area contributed by atoms with Crippen molar-refractivity contribution in [2.24, 2.45) is 5.10 Å². The van der Waals surface area contributed by atoms with Crippen molar-refractivity contribution in [2.75, 3.05) is 5.32 Å². The maximum atomic E-state index is 5.11. The number of para-hydroxylation sites is 1. The van der Waals surface area contributed by atoms with Gasteiger partial charge in [-0.1, -0.05) is 18.2 Å². The number of anilines is 1. The van der Waals surface area contributed by atoms with E-state index in [1.54, 1.807) is 6.21 Å². The Labute approximate surface area is 111 Å². The van der Waals surface area contributed by atoms with Crippen LogP contribution in [-0.2, 0) is 0 Å². The fraction of sp³-hybridized carbons (Fsp3) is 0. The molecule has 5 heteroatoms. The van der Waals surface area contributed by atoms with E-state index in [9.17, 15) is 0 Å². The number of rotatable bonds is 3. The van der Waals surface area contributed by atoms with E-state index in [1.165, 1.54) is 0 Å². The molecule has 90 valence electrons. The van der Waals surface area contributed by atoms with Crippen LogP contribution >= 0.6 is 12.2 Å². The van der Waals surface area contributed by atoms with Gasteiger partial charge in [-0.3, -0.25) is 5.43 Å². The number of thiocarbonyl (C=S) groups is 1. The maximum absolute atomic E-state index is 5.11. The van der Waals surface area contributed by atoms with Crippen molar-refractivity contribution >= 4 is 29.2 Å². The van der Waals surface area contributed by atoms with Gasteiger partial charge in [0.1, 0.15) is 0 Å². The summed E-state index contributed by atoms with van der Waals surface area (Å²) in [7, 11) is 0. The SMILES string of the molecule is S=C(NN=Cc1ccc[nH+]c1)Nc1ccccc1. The van der Waals surface area contributed by atoms with Crippen LogP contribution in [0, 0.1) is 0 Å². The molecule has 0 saturated heterocycles. The second-order valence-corrected chi connectivity index (χ2v) is 3.94. The first kappa shape index (κ1) is 12.2. The largest absolute Gasteiger partial charge is 0.331 e. The monoisotopic (exact) mass is 257 g/mol. The Morgan fingerprint density at radius 1 is 1.17 bits per heavy atom. The fourth-order valence-corrected chi connectivity index (χ4v) is 1.50. The number of aromatic nitrogens is 1. The van der Waals surface area contributed by atoms with Crippen LogP contribution in [0.25, 0.3) is 0 Å². The highest BCUT2D eigenvalue weighted by Crippen LogP contribution is 2.04. The minimum absolute atomic E-state index is 0.456. The van der Waals surface area contributed by atoms with Crippen LogP contribution in [0.4, 0.5) is 5.69 Å². The summed E-state index contributed by atoms with van der Waals surface area (Å²) in [6.07, 6.45) is 5.38. The van der Waals surface area contributed by atoms with Crippen LogP contribution < -0.4 is 15.7 Å². The number of hydrogen-bond acceptors (Lipinski definition) is 2. The smallest absolute Gasteiger partial charge is 0.191 e. The molecule has 0 spiro atoms. The molecule has 4 nitrogen and oxygen atoms in total. The molecule has 1 aromatic heterocycles. The summed E-state index contributed by atoms with van der Waals surface area (Å²) in [5, 5.41) is 7.52. The second-order valence-electron chi connectivity index (χ2n) is 3.53. The van der Waals surface area contributed by atoms with Crippen molar-refractivity contribution in [3.05, 3.63) is 60.4 Å². The molecule has 1 heterocycles. The lowest BCUT2D eigenvalue weighted by molar-refractivity contribution is -0.378. The third kappa shape index (κ3) is 3.95. The Kier molecular flexibility index (Phi) is 4.38. The summed E-state index contributed by atoms with van der Waals surface area (Å²) in [4.78, 5) is 2.97. The highest BCUT2D eigenvalue weighted by molar-refractivity contribution is 7.80. The molecule has 18 heavy (non-hydrogen) atoms. The lowest BCUT2D eigenvalue weighted by Crippen LogP contribution is -2.23. The number of aromatic amines is 1. The average molecular weight is 257 g/mol. The van der Waals surface area contributed by atoms with Crippen LogP contribution in [0.15, 0.2) is 60.0 Å². The predicted molar refractivity (Wildman–Crippen MR) is 76.4 cm³/mol. The number of hydrogen-bond donors (Lipinski definition) is 2. The van der Waals surface area contributed by atoms with Crippen molar-refractivity contribution in [2.45, 2.75) is 0 Å². The summed E-state index contributed by atoms with van der Waals surface area (Å²) in [6, 6.07) is 13.5. The van der Waals surface area contributed by atoms with Crippen LogP contribution in [0.5, 0.6) is 0 Å². The zero-order valence-corrected chi connectivity index (χ0v) is 10.4. The summed E-state index contributed by atoms with van der Waals surface area (Å²) in [6.45, 7) is 0. The van der Waals surface area contributed by atoms with Crippen molar-refractivity contribution in [1.82, 2.24) is 5.43 Å². The molecule has 3 N–H and O–H groups in total. The molecule has 2 rings (SSSR count).